The molecule has 1 aliphatic carbocycles. The highest BCUT2D eigenvalue weighted by molar-refractivity contribution is 5.00. The molecule has 0 aromatic carbocycles. The van der Waals surface area contributed by atoms with Crippen molar-refractivity contribution in [1.29, 1.82) is 0 Å². The Balaban J connectivity index is 2.42. The summed E-state index contributed by atoms with van der Waals surface area (Å²) in [7, 11) is 0. The van der Waals surface area contributed by atoms with Crippen molar-refractivity contribution in [3.63, 3.8) is 0 Å². The number of hydrogen-bond acceptors (Lipinski definition) is 0. The van der Waals surface area contributed by atoms with Crippen molar-refractivity contribution in [3.8, 4) is 0 Å². The van der Waals surface area contributed by atoms with Crippen molar-refractivity contribution in [2.24, 2.45) is 5.92 Å². The van der Waals surface area contributed by atoms with Gasteiger partial charge in [0.1, 0.15) is 0 Å². The third kappa shape index (κ3) is 1.22. The van der Waals surface area contributed by atoms with Gasteiger partial charge in [-0.1, -0.05) is 18.2 Å². The minimum atomic E-state index is 0.670. The first-order valence-electron chi connectivity index (χ1n) is 3.22. The first kappa shape index (κ1) is 5.61. The van der Waals surface area contributed by atoms with Gasteiger partial charge in [0.05, 0.1) is 0 Å². The number of allylic oxidation sites excluding steroid dienone is 3. The van der Waals surface area contributed by atoms with Crippen molar-refractivity contribution in [1.82, 2.24) is 0 Å². The second-order valence-corrected chi connectivity index (χ2v) is 2.26. The minimum absolute atomic E-state index is 0.670. The molecule has 44 valence electrons. The van der Waals surface area contributed by atoms with Crippen LogP contribution in [0.1, 0.15) is 19.3 Å². The molecule has 0 fully saturated rings. The van der Waals surface area contributed by atoms with Crippen molar-refractivity contribution in [2.45, 2.75) is 19.3 Å². The first-order chi connectivity index (χ1) is 3.93. The van der Waals surface area contributed by atoms with Crippen molar-refractivity contribution < 1.29 is 0 Å². The molecule has 0 heteroatoms. The second-order valence-electron chi connectivity index (χ2n) is 2.26. The highest BCUT2D eigenvalue weighted by Gasteiger charge is 2.01. The van der Waals surface area contributed by atoms with Gasteiger partial charge in [-0.25, -0.2) is 0 Å². The molecule has 0 amide bonds. The molecule has 0 aromatic rings. The maximum absolute atomic E-state index is 3.73. The smallest absolute Gasteiger partial charge is 0.00561 e. The molecule has 0 unspecified atom stereocenters. The van der Waals surface area contributed by atoms with Crippen LogP contribution in [0, 0.1) is 5.92 Å². The first-order valence-corrected chi connectivity index (χ1v) is 3.22. The fourth-order valence-electron chi connectivity index (χ4n) is 1.04. The summed E-state index contributed by atoms with van der Waals surface area (Å²) >= 11 is 0. The highest BCUT2D eigenvalue weighted by Crippen LogP contribution is 2.16. The molecule has 0 saturated heterocycles. The SMILES string of the molecule is C=C[C@H]1C=CCCC1. The maximum Gasteiger partial charge on any atom is -0.00561 e. The third-order valence-corrected chi connectivity index (χ3v) is 1.59. The van der Waals surface area contributed by atoms with Gasteiger partial charge in [0.25, 0.3) is 0 Å². The van der Waals surface area contributed by atoms with Crippen LogP contribution < -0.4 is 0 Å². The van der Waals surface area contributed by atoms with E-state index >= 15 is 0 Å². The third-order valence-electron chi connectivity index (χ3n) is 1.59. The summed E-state index contributed by atoms with van der Waals surface area (Å²) in [5.41, 5.74) is 0. The zero-order chi connectivity index (χ0) is 5.82. The van der Waals surface area contributed by atoms with Gasteiger partial charge in [-0.15, -0.1) is 6.58 Å². The van der Waals surface area contributed by atoms with E-state index in [1.165, 1.54) is 19.3 Å². The van der Waals surface area contributed by atoms with E-state index in [1.807, 2.05) is 6.08 Å². The largest absolute Gasteiger partial charge is 0.102 e. The molecule has 0 spiro atoms. The summed E-state index contributed by atoms with van der Waals surface area (Å²) in [5, 5.41) is 0. The molecule has 1 aliphatic rings. The Bertz CT molecular complexity index is 101. The lowest BCUT2D eigenvalue weighted by molar-refractivity contribution is 0.632. The van der Waals surface area contributed by atoms with Gasteiger partial charge in [-0.3, -0.25) is 0 Å². The van der Waals surface area contributed by atoms with Gasteiger partial charge in [0, 0.05) is 0 Å². The van der Waals surface area contributed by atoms with Gasteiger partial charge in [0.2, 0.25) is 0 Å². The molecule has 0 bridgehead atoms. The van der Waals surface area contributed by atoms with E-state index in [0.717, 1.165) is 0 Å². The van der Waals surface area contributed by atoms with Crippen LogP contribution in [0.3, 0.4) is 0 Å². The summed E-state index contributed by atoms with van der Waals surface area (Å²) in [6.45, 7) is 3.73. The van der Waals surface area contributed by atoms with Crippen LogP contribution in [-0.2, 0) is 0 Å². The van der Waals surface area contributed by atoms with Gasteiger partial charge in [-0.2, -0.15) is 0 Å². The lowest BCUT2D eigenvalue weighted by Crippen LogP contribution is -1.94. The summed E-state index contributed by atoms with van der Waals surface area (Å²) in [6.07, 6.45) is 10.4. The lowest BCUT2D eigenvalue weighted by atomic mass is 9.96. The van der Waals surface area contributed by atoms with E-state index in [0.29, 0.717) is 5.92 Å². The molecule has 8 heavy (non-hydrogen) atoms. The van der Waals surface area contributed by atoms with Crippen LogP contribution in [0.25, 0.3) is 0 Å². The van der Waals surface area contributed by atoms with Crippen LogP contribution in [0.15, 0.2) is 24.8 Å². The van der Waals surface area contributed by atoms with E-state index in [1.54, 1.807) is 0 Å². The van der Waals surface area contributed by atoms with Gasteiger partial charge in [-0.05, 0) is 25.2 Å². The molecule has 0 saturated carbocycles. The van der Waals surface area contributed by atoms with Crippen molar-refractivity contribution in [3.05, 3.63) is 24.8 Å². The van der Waals surface area contributed by atoms with E-state index in [-0.39, 0.29) is 0 Å². The topological polar surface area (TPSA) is 0 Å². The lowest BCUT2D eigenvalue weighted by Gasteiger charge is -2.09. The fourth-order valence-corrected chi connectivity index (χ4v) is 1.04. The average Bonchev–Trinajstić information content (AvgIpc) is 1.90. The Morgan fingerprint density at radius 1 is 1.62 bits per heavy atom. The molecule has 0 N–H and O–H groups in total. The predicted molar refractivity (Wildman–Crippen MR) is 36.7 cm³/mol. The Morgan fingerprint density at radius 2 is 2.50 bits per heavy atom. The Kier molecular flexibility index (Phi) is 1.90. The number of hydrogen-bond donors (Lipinski definition) is 0. The van der Waals surface area contributed by atoms with Crippen LogP contribution in [0.4, 0.5) is 0 Å². The van der Waals surface area contributed by atoms with Crippen LogP contribution in [0.2, 0.25) is 0 Å². The maximum atomic E-state index is 3.73. The fraction of sp³-hybridized carbons (Fsp3) is 0.500. The van der Waals surface area contributed by atoms with E-state index in [4.69, 9.17) is 0 Å². The molecule has 1 rings (SSSR count). The minimum Gasteiger partial charge on any atom is -0.102 e. The number of rotatable bonds is 1. The molecule has 1 atom stereocenters. The van der Waals surface area contributed by atoms with Crippen molar-refractivity contribution in [2.75, 3.05) is 0 Å². The zero-order valence-electron chi connectivity index (χ0n) is 5.14. The summed E-state index contributed by atoms with van der Waals surface area (Å²) < 4.78 is 0. The van der Waals surface area contributed by atoms with Gasteiger partial charge >= 0.3 is 0 Å². The van der Waals surface area contributed by atoms with E-state index in [2.05, 4.69) is 18.7 Å². The zero-order valence-corrected chi connectivity index (χ0v) is 5.14. The molecule has 0 nitrogen and oxygen atoms in total. The predicted octanol–water partition coefficient (Wildman–Crippen LogP) is 2.53. The summed E-state index contributed by atoms with van der Waals surface area (Å²) in [5.74, 6) is 0.670. The van der Waals surface area contributed by atoms with Crippen LogP contribution in [-0.4, -0.2) is 0 Å². The Labute approximate surface area is 50.9 Å². The molecule has 0 aromatic heterocycles. The quantitative estimate of drug-likeness (QED) is 0.453. The van der Waals surface area contributed by atoms with Gasteiger partial charge < -0.3 is 0 Å². The summed E-state index contributed by atoms with van der Waals surface area (Å²) in [4.78, 5) is 0. The molecule has 0 heterocycles. The van der Waals surface area contributed by atoms with E-state index < -0.39 is 0 Å². The van der Waals surface area contributed by atoms with Crippen LogP contribution >= 0.6 is 0 Å². The normalized spacial score (nSPS) is 27.8. The standard InChI is InChI=1S/C8H12/c1-2-8-6-4-3-5-7-8/h2,4,6,8H,1,3,5,7H2/t8-/m0/s1. The van der Waals surface area contributed by atoms with Crippen molar-refractivity contribution >= 4 is 0 Å². The highest BCUT2D eigenvalue weighted by atomic mass is 14.1. The second kappa shape index (κ2) is 2.71. The summed E-state index contributed by atoms with van der Waals surface area (Å²) in [6, 6.07) is 0. The molecular formula is C8H12. The molecule has 0 radical (unpaired) electrons. The average molecular weight is 108 g/mol. The Hall–Kier alpha value is -0.520. The van der Waals surface area contributed by atoms with Crippen LogP contribution in [0.5, 0.6) is 0 Å². The van der Waals surface area contributed by atoms with E-state index in [9.17, 15) is 0 Å². The monoisotopic (exact) mass is 108 g/mol. The molecule has 0 aliphatic heterocycles. The Morgan fingerprint density at radius 3 is 2.88 bits per heavy atom. The van der Waals surface area contributed by atoms with Gasteiger partial charge in [0.15, 0.2) is 0 Å². The molecular weight excluding hydrogens is 96.1 g/mol.